The van der Waals surface area contributed by atoms with E-state index in [1.54, 1.807) is 0 Å². The first-order chi connectivity index (χ1) is 9.07. The molecule has 1 amide bonds. The van der Waals surface area contributed by atoms with Gasteiger partial charge in [-0.15, -0.1) is 0 Å². The fourth-order valence-electron chi connectivity index (χ4n) is 3.58. The third-order valence-corrected chi connectivity index (χ3v) is 4.83. The van der Waals surface area contributed by atoms with Crippen molar-refractivity contribution in [1.82, 2.24) is 15.1 Å². The molecule has 2 heterocycles. The fraction of sp³-hybridized carbons (Fsp3) is 0.933. The summed E-state index contributed by atoms with van der Waals surface area (Å²) in [5.74, 6) is 0.273. The molecule has 0 aromatic heterocycles. The summed E-state index contributed by atoms with van der Waals surface area (Å²) in [7, 11) is 1.97. The summed E-state index contributed by atoms with van der Waals surface area (Å²) in [6.45, 7) is 8.42. The van der Waals surface area contributed by atoms with Crippen LogP contribution in [0.5, 0.6) is 0 Å². The Labute approximate surface area is 117 Å². The molecule has 0 aliphatic carbocycles. The predicted octanol–water partition coefficient (Wildman–Crippen LogP) is 1.46. The molecule has 2 aliphatic heterocycles. The lowest BCUT2D eigenvalue weighted by atomic mass is 9.89. The van der Waals surface area contributed by atoms with Gasteiger partial charge in [0, 0.05) is 19.6 Å². The fourth-order valence-corrected chi connectivity index (χ4v) is 3.58. The van der Waals surface area contributed by atoms with Gasteiger partial charge in [-0.3, -0.25) is 9.69 Å². The average molecular weight is 267 g/mol. The maximum atomic E-state index is 12.6. The maximum Gasteiger partial charge on any atom is 0.242 e. The highest BCUT2D eigenvalue weighted by Crippen LogP contribution is 2.23. The normalized spacial score (nSPS) is 32.5. The highest BCUT2D eigenvalue weighted by Gasteiger charge is 2.37. The van der Waals surface area contributed by atoms with Gasteiger partial charge in [-0.05, 0) is 58.7 Å². The molecule has 2 atom stereocenters. The molecule has 110 valence electrons. The second-order valence-electron chi connectivity index (χ2n) is 6.33. The Hall–Kier alpha value is -0.610. The van der Waals surface area contributed by atoms with Crippen LogP contribution in [0.1, 0.15) is 46.0 Å². The van der Waals surface area contributed by atoms with Gasteiger partial charge < -0.3 is 10.2 Å². The third kappa shape index (κ3) is 3.29. The average Bonchev–Trinajstić information content (AvgIpc) is 2.85. The van der Waals surface area contributed by atoms with E-state index in [1.165, 1.54) is 25.8 Å². The van der Waals surface area contributed by atoms with E-state index in [0.717, 1.165) is 32.5 Å². The van der Waals surface area contributed by atoms with E-state index in [1.807, 2.05) is 11.9 Å². The zero-order valence-corrected chi connectivity index (χ0v) is 12.7. The Bertz CT molecular complexity index is 313. The first-order valence-electron chi connectivity index (χ1n) is 7.81. The van der Waals surface area contributed by atoms with E-state index in [-0.39, 0.29) is 11.4 Å². The van der Waals surface area contributed by atoms with Crippen LogP contribution in [0.25, 0.3) is 0 Å². The van der Waals surface area contributed by atoms with Crippen LogP contribution >= 0.6 is 0 Å². The summed E-state index contributed by atoms with van der Waals surface area (Å²) in [5, 5.41) is 3.42. The molecule has 0 aromatic carbocycles. The Morgan fingerprint density at radius 2 is 2.21 bits per heavy atom. The van der Waals surface area contributed by atoms with Crippen molar-refractivity contribution >= 4 is 5.91 Å². The van der Waals surface area contributed by atoms with Crippen molar-refractivity contribution in [2.24, 2.45) is 0 Å². The molecule has 2 saturated heterocycles. The van der Waals surface area contributed by atoms with Crippen molar-refractivity contribution in [3.8, 4) is 0 Å². The molecule has 19 heavy (non-hydrogen) atoms. The number of amides is 1. The third-order valence-electron chi connectivity index (χ3n) is 4.83. The van der Waals surface area contributed by atoms with Crippen LogP contribution in [0.4, 0.5) is 0 Å². The Morgan fingerprint density at radius 1 is 1.42 bits per heavy atom. The second kappa shape index (κ2) is 6.23. The minimum Gasteiger partial charge on any atom is -0.343 e. The van der Waals surface area contributed by atoms with Crippen molar-refractivity contribution in [3.63, 3.8) is 0 Å². The number of hydrogen-bond donors (Lipinski definition) is 1. The standard InChI is InChI=1S/C15H29N3O/c1-4-18-11-7-8-13(18)12-17(3)14(19)15(2)9-5-6-10-16-15/h13,16H,4-12H2,1-3H3. The molecule has 4 heteroatoms. The summed E-state index contributed by atoms with van der Waals surface area (Å²) in [6, 6.07) is 0.561. The smallest absolute Gasteiger partial charge is 0.242 e. The molecule has 0 bridgehead atoms. The van der Waals surface area contributed by atoms with Crippen LogP contribution in [-0.2, 0) is 4.79 Å². The second-order valence-corrected chi connectivity index (χ2v) is 6.33. The number of nitrogens with one attached hydrogen (secondary N) is 1. The van der Waals surface area contributed by atoms with Gasteiger partial charge in [0.25, 0.3) is 0 Å². The highest BCUT2D eigenvalue weighted by atomic mass is 16.2. The molecule has 0 spiro atoms. The topological polar surface area (TPSA) is 35.6 Å². The van der Waals surface area contributed by atoms with Crippen LogP contribution in [0.3, 0.4) is 0 Å². The van der Waals surface area contributed by atoms with Crippen LogP contribution in [0.15, 0.2) is 0 Å². The molecule has 2 aliphatic rings. The van der Waals surface area contributed by atoms with Crippen molar-refractivity contribution in [3.05, 3.63) is 0 Å². The summed E-state index contributed by atoms with van der Waals surface area (Å²) in [6.07, 6.45) is 5.83. The van der Waals surface area contributed by atoms with E-state index < -0.39 is 0 Å². The number of nitrogens with zero attached hydrogens (tertiary/aromatic N) is 2. The van der Waals surface area contributed by atoms with Crippen molar-refractivity contribution in [1.29, 1.82) is 0 Å². The number of carbonyl (C=O) groups excluding carboxylic acids is 1. The van der Waals surface area contributed by atoms with Crippen LogP contribution in [0, 0.1) is 0 Å². The van der Waals surface area contributed by atoms with E-state index in [4.69, 9.17) is 0 Å². The monoisotopic (exact) mass is 267 g/mol. The number of hydrogen-bond acceptors (Lipinski definition) is 3. The van der Waals surface area contributed by atoms with Crippen molar-refractivity contribution < 1.29 is 4.79 Å². The first kappa shape index (κ1) is 14.8. The zero-order valence-electron chi connectivity index (χ0n) is 12.7. The number of rotatable bonds is 4. The van der Waals surface area contributed by atoms with Gasteiger partial charge in [0.15, 0.2) is 0 Å². The number of carbonyl (C=O) groups is 1. The van der Waals surface area contributed by atoms with Gasteiger partial charge in [-0.1, -0.05) is 6.92 Å². The van der Waals surface area contributed by atoms with Crippen molar-refractivity contribution in [2.45, 2.75) is 57.5 Å². The molecule has 0 aromatic rings. The zero-order chi connectivity index (χ0) is 13.9. The number of piperidine rings is 1. The van der Waals surface area contributed by atoms with Crippen LogP contribution in [-0.4, -0.2) is 60.5 Å². The van der Waals surface area contributed by atoms with Gasteiger partial charge in [0.1, 0.15) is 0 Å². The predicted molar refractivity (Wildman–Crippen MR) is 78.2 cm³/mol. The largest absolute Gasteiger partial charge is 0.343 e. The van der Waals surface area contributed by atoms with Crippen molar-refractivity contribution in [2.75, 3.05) is 33.2 Å². The van der Waals surface area contributed by atoms with E-state index in [9.17, 15) is 4.79 Å². The lowest BCUT2D eigenvalue weighted by Gasteiger charge is -2.38. The SMILES string of the molecule is CCN1CCCC1CN(C)C(=O)C1(C)CCCCN1. The summed E-state index contributed by atoms with van der Waals surface area (Å²) in [5.41, 5.74) is -0.331. The lowest BCUT2D eigenvalue weighted by Crippen LogP contribution is -2.58. The van der Waals surface area contributed by atoms with E-state index in [0.29, 0.717) is 6.04 Å². The highest BCUT2D eigenvalue weighted by molar-refractivity contribution is 5.85. The number of likely N-dealkylation sites (tertiary alicyclic amines) is 1. The molecular formula is C15H29N3O. The first-order valence-corrected chi connectivity index (χ1v) is 7.81. The lowest BCUT2D eigenvalue weighted by molar-refractivity contribution is -0.138. The van der Waals surface area contributed by atoms with Gasteiger partial charge in [-0.2, -0.15) is 0 Å². The summed E-state index contributed by atoms with van der Waals surface area (Å²) in [4.78, 5) is 17.1. The van der Waals surface area contributed by atoms with E-state index >= 15 is 0 Å². The number of likely N-dealkylation sites (N-methyl/N-ethyl adjacent to an activating group) is 2. The molecule has 2 fully saturated rings. The quantitative estimate of drug-likeness (QED) is 0.837. The summed E-state index contributed by atoms with van der Waals surface area (Å²) >= 11 is 0. The van der Waals surface area contributed by atoms with Gasteiger partial charge in [-0.25, -0.2) is 0 Å². The Kier molecular flexibility index (Phi) is 4.85. The van der Waals surface area contributed by atoms with Crippen LogP contribution < -0.4 is 5.32 Å². The minimum absolute atomic E-state index is 0.273. The minimum atomic E-state index is -0.331. The molecule has 2 unspecified atom stereocenters. The van der Waals surface area contributed by atoms with Gasteiger partial charge in [0.05, 0.1) is 5.54 Å². The molecule has 2 rings (SSSR count). The van der Waals surface area contributed by atoms with Gasteiger partial charge >= 0.3 is 0 Å². The summed E-state index contributed by atoms with van der Waals surface area (Å²) < 4.78 is 0. The Balaban J connectivity index is 1.91. The molecule has 4 nitrogen and oxygen atoms in total. The maximum absolute atomic E-state index is 12.6. The molecule has 0 saturated carbocycles. The molecule has 0 radical (unpaired) electrons. The van der Waals surface area contributed by atoms with Crippen LogP contribution in [0.2, 0.25) is 0 Å². The Morgan fingerprint density at radius 3 is 2.84 bits per heavy atom. The van der Waals surface area contributed by atoms with E-state index in [2.05, 4.69) is 24.1 Å². The molecular weight excluding hydrogens is 238 g/mol. The van der Waals surface area contributed by atoms with Gasteiger partial charge in [0.2, 0.25) is 5.91 Å². The molecule has 1 N–H and O–H groups in total.